The third-order valence-electron chi connectivity index (χ3n) is 1.33. The molecule has 1 rings (SSSR count). The van der Waals surface area contributed by atoms with Gasteiger partial charge >= 0.3 is 0 Å². The summed E-state index contributed by atoms with van der Waals surface area (Å²) in [6, 6.07) is 8.15. The summed E-state index contributed by atoms with van der Waals surface area (Å²) in [5.41, 5.74) is 1.21. The first-order valence-electron chi connectivity index (χ1n) is 4.13. The van der Waals surface area contributed by atoms with Crippen molar-refractivity contribution in [2.75, 3.05) is 19.0 Å². The monoisotopic (exact) mass is 229 g/mol. The number of halogens is 1. The fourth-order valence-electron chi connectivity index (χ4n) is 0.814. The van der Waals surface area contributed by atoms with Crippen molar-refractivity contribution in [2.24, 2.45) is 0 Å². The highest BCUT2D eigenvalue weighted by molar-refractivity contribution is 9.10. The zero-order valence-electron chi connectivity index (χ0n) is 8.13. The van der Waals surface area contributed by atoms with Crippen molar-refractivity contribution in [3.63, 3.8) is 0 Å². The van der Waals surface area contributed by atoms with Crippen LogP contribution in [0.1, 0.15) is 13.8 Å². The lowest BCUT2D eigenvalue weighted by Crippen LogP contribution is -2.08. The van der Waals surface area contributed by atoms with Crippen LogP contribution in [0.2, 0.25) is 0 Å². The molecule has 0 saturated heterocycles. The van der Waals surface area contributed by atoms with E-state index >= 15 is 0 Å². The largest absolute Gasteiger partial charge is 0.377 e. The van der Waals surface area contributed by atoms with Gasteiger partial charge in [-0.2, -0.15) is 0 Å². The number of hydrogen-bond donors (Lipinski definition) is 0. The molecule has 0 N–H and O–H groups in total. The van der Waals surface area contributed by atoms with E-state index in [0.717, 1.165) is 4.47 Å². The molecule has 1 aromatic carbocycles. The molecule has 68 valence electrons. The van der Waals surface area contributed by atoms with Crippen LogP contribution >= 0.6 is 15.9 Å². The van der Waals surface area contributed by atoms with Gasteiger partial charge in [-0.05, 0) is 28.1 Å². The second kappa shape index (κ2) is 6.06. The zero-order valence-corrected chi connectivity index (χ0v) is 9.72. The summed E-state index contributed by atoms with van der Waals surface area (Å²) in [5, 5.41) is 0. The number of benzene rings is 1. The summed E-state index contributed by atoms with van der Waals surface area (Å²) in [7, 11) is 4.06. The molecule has 0 amide bonds. The Bertz CT molecular complexity index is 221. The molecule has 0 aliphatic carbocycles. The molecular formula is C10H16BrN. The number of rotatable bonds is 1. The summed E-state index contributed by atoms with van der Waals surface area (Å²) in [6.07, 6.45) is 0. The molecule has 0 saturated carbocycles. The van der Waals surface area contributed by atoms with Gasteiger partial charge in [0.1, 0.15) is 0 Å². The molecule has 1 aromatic rings. The van der Waals surface area contributed by atoms with Gasteiger partial charge in [-0.3, -0.25) is 0 Å². The van der Waals surface area contributed by atoms with E-state index in [0.29, 0.717) is 0 Å². The van der Waals surface area contributed by atoms with Crippen LogP contribution in [-0.2, 0) is 0 Å². The fraction of sp³-hybridized carbons (Fsp3) is 0.400. The Morgan fingerprint density at radius 3 is 1.92 bits per heavy atom. The van der Waals surface area contributed by atoms with Crippen molar-refractivity contribution in [2.45, 2.75) is 13.8 Å². The third kappa shape index (κ3) is 3.26. The Balaban J connectivity index is 0.000000561. The summed E-state index contributed by atoms with van der Waals surface area (Å²) in [4.78, 5) is 2.07. The van der Waals surface area contributed by atoms with Crippen molar-refractivity contribution in [3.8, 4) is 0 Å². The summed E-state index contributed by atoms with van der Waals surface area (Å²) in [6.45, 7) is 4.00. The Kier molecular flexibility index (Phi) is 5.81. The Labute approximate surface area is 83.5 Å². The SMILES string of the molecule is CC.CN(C)c1ccccc1Br. The molecule has 12 heavy (non-hydrogen) atoms. The molecular weight excluding hydrogens is 214 g/mol. The lowest BCUT2D eigenvalue weighted by atomic mass is 10.3. The maximum absolute atomic E-state index is 3.46. The highest BCUT2D eigenvalue weighted by atomic mass is 79.9. The van der Waals surface area contributed by atoms with E-state index in [-0.39, 0.29) is 0 Å². The van der Waals surface area contributed by atoms with Crippen molar-refractivity contribution in [3.05, 3.63) is 28.7 Å². The lowest BCUT2D eigenvalue weighted by Gasteiger charge is -2.13. The van der Waals surface area contributed by atoms with Crippen LogP contribution in [-0.4, -0.2) is 14.1 Å². The average Bonchev–Trinajstić information content (AvgIpc) is 2.08. The van der Waals surface area contributed by atoms with Gasteiger partial charge < -0.3 is 4.90 Å². The molecule has 0 bridgehead atoms. The second-order valence-electron chi connectivity index (χ2n) is 2.35. The van der Waals surface area contributed by atoms with Gasteiger partial charge in [-0.1, -0.05) is 26.0 Å². The minimum atomic E-state index is 1.14. The maximum Gasteiger partial charge on any atom is 0.0505 e. The van der Waals surface area contributed by atoms with Gasteiger partial charge in [0.2, 0.25) is 0 Å². The molecule has 0 heterocycles. The van der Waals surface area contributed by atoms with E-state index in [1.54, 1.807) is 0 Å². The normalized spacial score (nSPS) is 8.42. The molecule has 0 atom stereocenters. The first-order valence-corrected chi connectivity index (χ1v) is 4.93. The standard InChI is InChI=1S/C8H10BrN.C2H6/c1-10(2)8-6-4-3-5-7(8)9;1-2/h3-6H,1-2H3;1-2H3. The van der Waals surface area contributed by atoms with Gasteiger partial charge in [-0.25, -0.2) is 0 Å². The molecule has 0 spiro atoms. The number of anilines is 1. The van der Waals surface area contributed by atoms with Crippen LogP contribution in [0.4, 0.5) is 5.69 Å². The van der Waals surface area contributed by atoms with Crippen LogP contribution in [0, 0.1) is 0 Å². The smallest absolute Gasteiger partial charge is 0.0505 e. The van der Waals surface area contributed by atoms with Gasteiger partial charge in [0.25, 0.3) is 0 Å². The summed E-state index contributed by atoms with van der Waals surface area (Å²) in [5.74, 6) is 0. The predicted octanol–water partition coefficient (Wildman–Crippen LogP) is 3.54. The van der Waals surface area contributed by atoms with Gasteiger partial charge in [0.15, 0.2) is 0 Å². The molecule has 0 aromatic heterocycles. The summed E-state index contributed by atoms with van der Waals surface area (Å²) < 4.78 is 1.14. The average molecular weight is 230 g/mol. The molecule has 1 nitrogen and oxygen atoms in total. The molecule has 2 heteroatoms. The van der Waals surface area contributed by atoms with Gasteiger partial charge in [0, 0.05) is 18.6 Å². The van der Waals surface area contributed by atoms with E-state index in [2.05, 4.69) is 26.9 Å². The maximum atomic E-state index is 3.46. The second-order valence-corrected chi connectivity index (χ2v) is 3.20. The van der Waals surface area contributed by atoms with Crippen LogP contribution in [0.5, 0.6) is 0 Å². The van der Waals surface area contributed by atoms with Crippen LogP contribution in [0.3, 0.4) is 0 Å². The zero-order chi connectivity index (χ0) is 9.56. The predicted molar refractivity (Wildman–Crippen MR) is 59.8 cm³/mol. The highest BCUT2D eigenvalue weighted by Gasteiger charge is 1.97. The molecule has 0 aliphatic rings. The third-order valence-corrected chi connectivity index (χ3v) is 2.00. The topological polar surface area (TPSA) is 3.24 Å². The first-order chi connectivity index (χ1) is 5.72. The molecule has 0 radical (unpaired) electrons. The van der Waals surface area contributed by atoms with Crippen LogP contribution < -0.4 is 4.90 Å². The van der Waals surface area contributed by atoms with Crippen LogP contribution in [0.15, 0.2) is 28.7 Å². The van der Waals surface area contributed by atoms with Gasteiger partial charge in [0.05, 0.1) is 5.69 Å². The van der Waals surface area contributed by atoms with Crippen molar-refractivity contribution in [1.82, 2.24) is 0 Å². The first kappa shape index (κ1) is 11.5. The minimum absolute atomic E-state index is 1.14. The van der Waals surface area contributed by atoms with E-state index < -0.39 is 0 Å². The Hall–Kier alpha value is -0.500. The van der Waals surface area contributed by atoms with E-state index in [9.17, 15) is 0 Å². The summed E-state index contributed by atoms with van der Waals surface area (Å²) >= 11 is 3.46. The Morgan fingerprint density at radius 2 is 1.58 bits per heavy atom. The van der Waals surface area contributed by atoms with E-state index in [4.69, 9.17) is 0 Å². The highest BCUT2D eigenvalue weighted by Crippen LogP contribution is 2.22. The van der Waals surface area contributed by atoms with E-state index in [1.807, 2.05) is 46.1 Å². The quantitative estimate of drug-likeness (QED) is 0.713. The van der Waals surface area contributed by atoms with E-state index in [1.165, 1.54) is 5.69 Å². The van der Waals surface area contributed by atoms with Crippen molar-refractivity contribution < 1.29 is 0 Å². The van der Waals surface area contributed by atoms with Crippen molar-refractivity contribution in [1.29, 1.82) is 0 Å². The molecule has 0 fully saturated rings. The molecule has 0 aliphatic heterocycles. The fourth-order valence-corrected chi connectivity index (χ4v) is 1.45. The van der Waals surface area contributed by atoms with Crippen molar-refractivity contribution >= 4 is 21.6 Å². The lowest BCUT2D eigenvalue weighted by molar-refractivity contribution is 1.12. The van der Waals surface area contributed by atoms with Gasteiger partial charge in [-0.15, -0.1) is 0 Å². The number of para-hydroxylation sites is 1. The number of hydrogen-bond acceptors (Lipinski definition) is 1. The molecule has 0 unspecified atom stereocenters. The minimum Gasteiger partial charge on any atom is -0.377 e. The van der Waals surface area contributed by atoms with Crippen LogP contribution in [0.25, 0.3) is 0 Å². The number of nitrogens with zero attached hydrogens (tertiary/aromatic N) is 1. The Morgan fingerprint density at radius 1 is 1.08 bits per heavy atom.